The topological polar surface area (TPSA) is 35.5 Å². The summed E-state index contributed by atoms with van der Waals surface area (Å²) in [4.78, 5) is 10.6. The molecule has 1 heterocycles. The highest BCUT2D eigenvalue weighted by molar-refractivity contribution is 5.65. The zero-order valence-corrected chi connectivity index (χ0v) is 7.34. The Morgan fingerprint density at radius 2 is 2.25 bits per heavy atom. The van der Waals surface area contributed by atoms with Crippen molar-refractivity contribution in [2.75, 3.05) is 0 Å². The second-order valence-corrected chi connectivity index (χ2v) is 3.62. The molecule has 12 heavy (non-hydrogen) atoms. The van der Waals surface area contributed by atoms with Gasteiger partial charge in [-0.05, 0) is 19.3 Å². The van der Waals surface area contributed by atoms with Crippen molar-refractivity contribution in [1.82, 2.24) is 0 Å². The van der Waals surface area contributed by atoms with Crippen molar-refractivity contribution in [2.45, 2.75) is 44.8 Å². The normalized spacial score (nSPS) is 32.1. The Kier molecular flexibility index (Phi) is 1.74. The predicted octanol–water partition coefficient (Wildman–Crippen LogP) is 2.45. The van der Waals surface area contributed by atoms with Gasteiger partial charge in [0.15, 0.2) is 0 Å². The van der Waals surface area contributed by atoms with Crippen LogP contribution in [0.4, 0.5) is 4.79 Å². The maximum Gasteiger partial charge on any atom is 0.514 e. The standard InChI is InChI=1S/C9H14O3/c1-2-7-5-3-4-6-9(7)11-8(10)12-9/h7H,2-6H2,1H3. The van der Waals surface area contributed by atoms with Gasteiger partial charge in [0, 0.05) is 12.3 Å². The monoisotopic (exact) mass is 170 g/mol. The number of rotatable bonds is 1. The van der Waals surface area contributed by atoms with Crippen LogP contribution >= 0.6 is 0 Å². The van der Waals surface area contributed by atoms with Crippen LogP contribution in [0.2, 0.25) is 0 Å². The third-order valence-electron chi connectivity index (χ3n) is 2.95. The highest BCUT2D eigenvalue weighted by atomic mass is 16.9. The lowest BCUT2D eigenvalue weighted by Crippen LogP contribution is -2.56. The largest absolute Gasteiger partial charge is 0.514 e. The second-order valence-electron chi connectivity index (χ2n) is 3.62. The lowest BCUT2D eigenvalue weighted by molar-refractivity contribution is -0.310. The number of carbonyl (C=O) groups excluding carboxylic acids is 1. The molecular formula is C9H14O3. The summed E-state index contributed by atoms with van der Waals surface area (Å²) in [6, 6.07) is 0. The molecule has 0 N–H and O–H groups in total. The molecule has 3 nitrogen and oxygen atoms in total. The van der Waals surface area contributed by atoms with E-state index in [1.54, 1.807) is 0 Å². The van der Waals surface area contributed by atoms with E-state index in [0.717, 1.165) is 25.7 Å². The average molecular weight is 170 g/mol. The fraction of sp³-hybridized carbons (Fsp3) is 0.889. The van der Waals surface area contributed by atoms with E-state index < -0.39 is 11.9 Å². The quantitative estimate of drug-likeness (QED) is 0.567. The van der Waals surface area contributed by atoms with Crippen LogP contribution in [0, 0.1) is 5.92 Å². The molecule has 1 unspecified atom stereocenters. The van der Waals surface area contributed by atoms with Crippen molar-refractivity contribution in [3.05, 3.63) is 0 Å². The SMILES string of the molecule is CCC1CCCCC12OC(=O)O2. The first kappa shape index (κ1) is 7.90. The Balaban J connectivity index is 2.05. The van der Waals surface area contributed by atoms with Gasteiger partial charge in [-0.3, -0.25) is 0 Å². The predicted molar refractivity (Wildman–Crippen MR) is 42.5 cm³/mol. The molecule has 0 aromatic heterocycles. The highest BCUT2D eigenvalue weighted by Crippen LogP contribution is 2.44. The van der Waals surface area contributed by atoms with E-state index in [2.05, 4.69) is 6.92 Å². The highest BCUT2D eigenvalue weighted by Gasteiger charge is 2.54. The Bertz CT molecular complexity index is 192. The molecule has 0 radical (unpaired) electrons. The Labute approximate surface area is 72.0 Å². The summed E-state index contributed by atoms with van der Waals surface area (Å²) in [5.74, 6) is -0.0895. The Morgan fingerprint density at radius 3 is 2.83 bits per heavy atom. The van der Waals surface area contributed by atoms with E-state index in [1.807, 2.05) is 0 Å². The molecule has 2 rings (SSSR count). The van der Waals surface area contributed by atoms with Crippen molar-refractivity contribution in [3.63, 3.8) is 0 Å². The van der Waals surface area contributed by atoms with Crippen molar-refractivity contribution >= 4 is 6.16 Å². The molecule has 0 aromatic carbocycles. The first-order chi connectivity index (χ1) is 5.77. The molecule has 1 aliphatic carbocycles. The summed E-state index contributed by atoms with van der Waals surface area (Å²) >= 11 is 0. The third kappa shape index (κ3) is 0.993. The molecule has 68 valence electrons. The molecule has 2 aliphatic rings. The molecule has 2 fully saturated rings. The van der Waals surface area contributed by atoms with Crippen LogP contribution < -0.4 is 0 Å². The van der Waals surface area contributed by atoms with Crippen molar-refractivity contribution in [3.8, 4) is 0 Å². The van der Waals surface area contributed by atoms with Gasteiger partial charge in [0.25, 0.3) is 5.79 Å². The molecule has 1 spiro atoms. The van der Waals surface area contributed by atoms with Crippen LogP contribution in [0.25, 0.3) is 0 Å². The van der Waals surface area contributed by atoms with E-state index >= 15 is 0 Å². The van der Waals surface area contributed by atoms with Gasteiger partial charge in [0.2, 0.25) is 0 Å². The first-order valence-electron chi connectivity index (χ1n) is 4.69. The van der Waals surface area contributed by atoms with Gasteiger partial charge < -0.3 is 9.47 Å². The van der Waals surface area contributed by atoms with Gasteiger partial charge in [-0.15, -0.1) is 0 Å². The molecule has 1 aliphatic heterocycles. The molecular weight excluding hydrogens is 156 g/mol. The minimum Gasteiger partial charge on any atom is -0.391 e. The van der Waals surface area contributed by atoms with Crippen molar-refractivity contribution in [1.29, 1.82) is 0 Å². The van der Waals surface area contributed by atoms with Crippen molar-refractivity contribution < 1.29 is 14.3 Å². The van der Waals surface area contributed by atoms with Gasteiger partial charge in [-0.25, -0.2) is 4.79 Å². The molecule has 3 heteroatoms. The lowest BCUT2D eigenvalue weighted by Gasteiger charge is -2.47. The smallest absolute Gasteiger partial charge is 0.391 e. The van der Waals surface area contributed by atoms with Gasteiger partial charge >= 0.3 is 6.16 Å². The summed E-state index contributed by atoms with van der Waals surface area (Å²) in [5, 5.41) is 0. The zero-order valence-electron chi connectivity index (χ0n) is 7.34. The lowest BCUT2D eigenvalue weighted by atomic mass is 9.81. The summed E-state index contributed by atoms with van der Waals surface area (Å²) in [6.07, 6.45) is 4.91. The van der Waals surface area contributed by atoms with E-state index in [-0.39, 0.29) is 0 Å². The van der Waals surface area contributed by atoms with E-state index in [4.69, 9.17) is 9.47 Å². The fourth-order valence-electron chi connectivity index (χ4n) is 2.26. The van der Waals surface area contributed by atoms with Gasteiger partial charge in [0.1, 0.15) is 0 Å². The van der Waals surface area contributed by atoms with Crippen molar-refractivity contribution in [2.24, 2.45) is 5.92 Å². The minimum absolute atomic E-state index is 0.420. The summed E-state index contributed by atoms with van der Waals surface area (Å²) < 4.78 is 10.2. The maximum atomic E-state index is 10.6. The maximum absolute atomic E-state index is 10.6. The third-order valence-corrected chi connectivity index (χ3v) is 2.95. The van der Waals surface area contributed by atoms with Gasteiger partial charge in [-0.1, -0.05) is 13.3 Å². The first-order valence-corrected chi connectivity index (χ1v) is 4.69. The van der Waals surface area contributed by atoms with Crippen LogP contribution in [-0.4, -0.2) is 11.9 Å². The fourth-order valence-corrected chi connectivity index (χ4v) is 2.26. The number of hydrogen-bond acceptors (Lipinski definition) is 3. The van der Waals surface area contributed by atoms with Crippen LogP contribution in [0.1, 0.15) is 39.0 Å². The number of ether oxygens (including phenoxy) is 2. The molecule has 1 saturated heterocycles. The van der Waals surface area contributed by atoms with Crippen LogP contribution in [0.3, 0.4) is 0 Å². The average Bonchev–Trinajstić information content (AvgIpc) is 2.03. The van der Waals surface area contributed by atoms with Gasteiger partial charge in [-0.2, -0.15) is 0 Å². The van der Waals surface area contributed by atoms with Crippen LogP contribution in [-0.2, 0) is 9.47 Å². The Morgan fingerprint density at radius 1 is 1.50 bits per heavy atom. The molecule has 0 amide bonds. The van der Waals surface area contributed by atoms with E-state index in [9.17, 15) is 4.79 Å². The minimum atomic E-state index is -0.510. The number of carbonyl (C=O) groups is 1. The van der Waals surface area contributed by atoms with E-state index in [0.29, 0.717) is 5.92 Å². The van der Waals surface area contributed by atoms with Crippen LogP contribution in [0.5, 0.6) is 0 Å². The molecule has 1 atom stereocenters. The molecule has 0 bridgehead atoms. The zero-order chi connectivity index (χ0) is 8.60. The van der Waals surface area contributed by atoms with E-state index in [1.165, 1.54) is 6.42 Å². The van der Waals surface area contributed by atoms with Crippen LogP contribution in [0.15, 0.2) is 0 Å². The summed E-state index contributed by atoms with van der Waals surface area (Å²) in [5.41, 5.74) is 0. The van der Waals surface area contributed by atoms with Gasteiger partial charge in [0.05, 0.1) is 0 Å². The Hall–Kier alpha value is -0.730. The molecule has 1 saturated carbocycles. The second kappa shape index (κ2) is 2.64. The summed E-state index contributed by atoms with van der Waals surface area (Å²) in [6.45, 7) is 2.12. The molecule has 0 aromatic rings. The summed E-state index contributed by atoms with van der Waals surface area (Å²) in [7, 11) is 0. The number of hydrogen-bond donors (Lipinski definition) is 0.